The normalized spacial score (nSPS) is 11.1. The van der Waals surface area contributed by atoms with Crippen LogP contribution in [-0.2, 0) is 11.4 Å². The van der Waals surface area contributed by atoms with Crippen LogP contribution in [0.4, 0.5) is 10.1 Å². The maximum atomic E-state index is 13.1. The first kappa shape index (κ1) is 24.2. The van der Waals surface area contributed by atoms with Crippen molar-refractivity contribution in [3.05, 3.63) is 95.4 Å². The third-order valence-electron chi connectivity index (χ3n) is 4.76. The van der Waals surface area contributed by atoms with Gasteiger partial charge in [0.05, 0.1) is 7.14 Å². The third kappa shape index (κ3) is 6.29. The first-order valence-electron chi connectivity index (χ1n) is 9.63. The molecule has 0 heterocycles. The monoisotopic (exact) mass is 652 g/mol. The van der Waals surface area contributed by atoms with Gasteiger partial charge in [0, 0.05) is 5.69 Å². The number of nitrogens with zero attached hydrogens (tertiary/aromatic N) is 1. The zero-order chi connectivity index (χ0) is 23.3. The lowest BCUT2D eigenvalue weighted by Gasteiger charge is -2.12. The highest BCUT2D eigenvalue weighted by Crippen LogP contribution is 2.30. The van der Waals surface area contributed by atoms with Crippen molar-refractivity contribution in [2.24, 2.45) is 0 Å². The molecule has 3 aromatic carbocycles. The molecule has 162 valence electrons. The third-order valence-corrected chi connectivity index (χ3v) is 6.36. The van der Waals surface area contributed by atoms with Crippen LogP contribution in [0.3, 0.4) is 0 Å². The summed E-state index contributed by atoms with van der Waals surface area (Å²) in [7, 11) is 0. The van der Waals surface area contributed by atoms with E-state index in [1.54, 1.807) is 18.2 Å². The van der Waals surface area contributed by atoms with Crippen molar-refractivity contribution in [2.45, 2.75) is 20.5 Å². The number of carbonyl (C=O) groups is 1. The molecular weight excluding hydrogens is 633 g/mol. The first-order chi connectivity index (χ1) is 15.3. The van der Waals surface area contributed by atoms with Crippen molar-refractivity contribution in [2.75, 3.05) is 5.32 Å². The van der Waals surface area contributed by atoms with Gasteiger partial charge < -0.3 is 10.1 Å². The zero-order valence-electron chi connectivity index (χ0n) is 17.4. The summed E-state index contributed by atoms with van der Waals surface area (Å²) in [5.74, 6) is -0.0490. The van der Waals surface area contributed by atoms with Crippen molar-refractivity contribution < 1.29 is 13.9 Å². The van der Waals surface area contributed by atoms with Gasteiger partial charge in [-0.15, -0.1) is 0 Å². The number of aryl methyl sites for hydroxylation is 2. The van der Waals surface area contributed by atoms with Gasteiger partial charge in [0.15, 0.2) is 0 Å². The minimum atomic E-state index is -0.461. The van der Waals surface area contributed by atoms with Crippen LogP contribution < -0.4 is 10.1 Å². The number of rotatable bonds is 6. The number of amides is 1. The molecular formula is C25H19FI2N2O2. The molecule has 0 aliphatic rings. The molecule has 0 aliphatic heterocycles. The topological polar surface area (TPSA) is 62.1 Å². The summed E-state index contributed by atoms with van der Waals surface area (Å²) in [6.07, 6.45) is 1.56. The fraction of sp³-hybridized carbons (Fsp3) is 0.120. The SMILES string of the molecule is Cc1ccc(NC(=O)/C(C#N)=C/c2cc(I)c(OCc3ccc(F)cc3)c(I)c2)cc1C. The number of nitrogens with one attached hydrogen (secondary N) is 1. The molecule has 0 atom stereocenters. The van der Waals surface area contributed by atoms with Gasteiger partial charge in [0.1, 0.15) is 29.8 Å². The largest absolute Gasteiger partial charge is 0.487 e. The molecule has 1 amide bonds. The van der Waals surface area contributed by atoms with E-state index in [4.69, 9.17) is 4.74 Å². The molecule has 0 spiro atoms. The number of halogens is 3. The Hall–Kier alpha value is -2.45. The Labute approximate surface area is 213 Å². The summed E-state index contributed by atoms with van der Waals surface area (Å²) in [5, 5.41) is 12.3. The van der Waals surface area contributed by atoms with E-state index in [0.717, 1.165) is 29.4 Å². The minimum Gasteiger partial charge on any atom is -0.487 e. The summed E-state index contributed by atoms with van der Waals surface area (Å²) in [5.41, 5.74) is 4.43. The Morgan fingerprint density at radius 2 is 1.72 bits per heavy atom. The quantitative estimate of drug-likeness (QED) is 0.182. The zero-order valence-corrected chi connectivity index (χ0v) is 21.7. The van der Waals surface area contributed by atoms with E-state index in [2.05, 4.69) is 50.5 Å². The predicted octanol–water partition coefficient (Wildman–Crippen LogP) is 6.78. The highest BCUT2D eigenvalue weighted by molar-refractivity contribution is 14.1. The van der Waals surface area contributed by atoms with Gasteiger partial charge in [-0.1, -0.05) is 18.2 Å². The molecule has 7 heteroatoms. The first-order valence-corrected chi connectivity index (χ1v) is 11.8. The summed E-state index contributed by atoms with van der Waals surface area (Å²) in [4.78, 5) is 12.6. The molecule has 0 fully saturated rings. The maximum Gasteiger partial charge on any atom is 0.266 e. The van der Waals surface area contributed by atoms with Crippen LogP contribution >= 0.6 is 45.2 Å². The Morgan fingerprint density at radius 1 is 1.06 bits per heavy atom. The number of carbonyl (C=O) groups excluding carboxylic acids is 1. The van der Waals surface area contributed by atoms with Crippen LogP contribution in [0.25, 0.3) is 6.08 Å². The molecule has 4 nitrogen and oxygen atoms in total. The van der Waals surface area contributed by atoms with E-state index in [1.165, 1.54) is 12.1 Å². The molecule has 0 aliphatic carbocycles. The minimum absolute atomic E-state index is 0.00908. The highest BCUT2D eigenvalue weighted by atomic mass is 127. The van der Waals surface area contributed by atoms with Crippen LogP contribution in [0.5, 0.6) is 5.75 Å². The van der Waals surface area contributed by atoms with Gasteiger partial charge in [0.2, 0.25) is 0 Å². The van der Waals surface area contributed by atoms with Crippen LogP contribution in [0.2, 0.25) is 0 Å². The molecule has 0 unspecified atom stereocenters. The molecule has 0 bridgehead atoms. The summed E-state index contributed by atoms with van der Waals surface area (Å²) >= 11 is 4.32. The van der Waals surface area contributed by atoms with Crippen molar-refractivity contribution in [1.82, 2.24) is 0 Å². The Bertz CT molecular complexity index is 1210. The second kappa shape index (κ2) is 10.9. The lowest BCUT2D eigenvalue weighted by molar-refractivity contribution is -0.112. The number of nitriles is 1. The van der Waals surface area contributed by atoms with Crippen molar-refractivity contribution >= 4 is 62.9 Å². The van der Waals surface area contributed by atoms with Gasteiger partial charge in [-0.05, 0) is 124 Å². The van der Waals surface area contributed by atoms with E-state index in [0.29, 0.717) is 18.0 Å². The lowest BCUT2D eigenvalue weighted by Crippen LogP contribution is -2.13. The molecule has 1 N–H and O–H groups in total. The van der Waals surface area contributed by atoms with Crippen molar-refractivity contribution in [3.8, 4) is 11.8 Å². The molecule has 0 saturated heterocycles. The van der Waals surface area contributed by atoms with E-state index in [1.807, 2.05) is 50.2 Å². The standard InChI is InChI=1S/C25H19FI2N2O2/c1-15-3-8-21(9-16(15)2)30-25(31)19(13-29)10-18-11-22(27)24(23(28)12-18)32-14-17-4-6-20(26)7-5-17/h3-12H,14H2,1-2H3,(H,30,31)/b19-10+. The number of hydrogen-bond acceptors (Lipinski definition) is 3. The van der Waals surface area contributed by atoms with Crippen LogP contribution in [0.15, 0.2) is 60.2 Å². The second-order valence-electron chi connectivity index (χ2n) is 7.15. The average Bonchev–Trinajstić information content (AvgIpc) is 2.75. The van der Waals surface area contributed by atoms with E-state index < -0.39 is 5.91 Å². The maximum absolute atomic E-state index is 13.1. The van der Waals surface area contributed by atoms with Crippen LogP contribution in [0.1, 0.15) is 22.3 Å². The molecule has 0 aromatic heterocycles. The van der Waals surface area contributed by atoms with Gasteiger partial charge in [-0.2, -0.15) is 5.26 Å². The summed E-state index contributed by atoms with van der Waals surface area (Å²) in [6, 6.07) is 17.5. The Kier molecular flexibility index (Phi) is 8.26. The fourth-order valence-corrected chi connectivity index (χ4v) is 5.00. The molecule has 0 saturated carbocycles. The number of benzene rings is 3. The van der Waals surface area contributed by atoms with Gasteiger partial charge in [-0.3, -0.25) is 4.79 Å². The fourth-order valence-electron chi connectivity index (χ4n) is 2.87. The molecule has 32 heavy (non-hydrogen) atoms. The van der Waals surface area contributed by atoms with Crippen LogP contribution in [-0.4, -0.2) is 5.91 Å². The second-order valence-corrected chi connectivity index (χ2v) is 9.48. The highest BCUT2D eigenvalue weighted by Gasteiger charge is 2.13. The van der Waals surface area contributed by atoms with Gasteiger partial charge >= 0.3 is 0 Å². The lowest BCUT2D eigenvalue weighted by atomic mass is 10.1. The molecule has 3 rings (SSSR count). The number of hydrogen-bond donors (Lipinski definition) is 1. The molecule has 0 radical (unpaired) electrons. The Morgan fingerprint density at radius 3 is 2.31 bits per heavy atom. The smallest absolute Gasteiger partial charge is 0.266 e. The summed E-state index contributed by atoms with van der Waals surface area (Å²) in [6.45, 7) is 4.27. The summed E-state index contributed by atoms with van der Waals surface area (Å²) < 4.78 is 20.7. The van der Waals surface area contributed by atoms with Crippen molar-refractivity contribution in [1.29, 1.82) is 5.26 Å². The van der Waals surface area contributed by atoms with Crippen molar-refractivity contribution in [3.63, 3.8) is 0 Å². The predicted molar refractivity (Wildman–Crippen MR) is 141 cm³/mol. The number of ether oxygens (including phenoxy) is 1. The van der Waals surface area contributed by atoms with E-state index in [9.17, 15) is 14.4 Å². The Balaban J connectivity index is 1.77. The van der Waals surface area contributed by atoms with E-state index >= 15 is 0 Å². The average molecular weight is 652 g/mol. The number of anilines is 1. The van der Waals surface area contributed by atoms with Gasteiger partial charge in [0.25, 0.3) is 5.91 Å². The van der Waals surface area contributed by atoms with Crippen LogP contribution in [0, 0.1) is 38.1 Å². The molecule has 3 aromatic rings. The van der Waals surface area contributed by atoms with E-state index in [-0.39, 0.29) is 11.4 Å². The van der Waals surface area contributed by atoms with Gasteiger partial charge in [-0.25, -0.2) is 4.39 Å².